The number of esters is 1. The molecule has 1 aromatic rings. The van der Waals surface area contributed by atoms with Crippen molar-refractivity contribution in [3.63, 3.8) is 0 Å². The van der Waals surface area contributed by atoms with Crippen LogP contribution in [0.1, 0.15) is 25.5 Å². The number of aryl methyl sites for hydroxylation is 3. The minimum Gasteiger partial charge on any atom is -1.00 e. The van der Waals surface area contributed by atoms with E-state index < -0.39 is 0 Å². The summed E-state index contributed by atoms with van der Waals surface area (Å²) in [5, 5.41) is 0. The zero-order valence-electron chi connectivity index (χ0n) is 10.1. The number of halogens is 1. The highest BCUT2D eigenvalue weighted by atomic mass is 127. The van der Waals surface area contributed by atoms with Crippen molar-refractivity contribution in [2.45, 2.75) is 32.7 Å². The molecule has 0 saturated heterocycles. The summed E-state index contributed by atoms with van der Waals surface area (Å²) in [6.07, 6.45) is 6.40. The van der Waals surface area contributed by atoms with Crippen LogP contribution in [0.25, 0.3) is 0 Å². The van der Waals surface area contributed by atoms with Crippen LogP contribution < -0.4 is 28.5 Å². The van der Waals surface area contributed by atoms with Crippen LogP contribution in [-0.4, -0.2) is 17.6 Å². The first-order chi connectivity index (χ1) is 7.17. The average Bonchev–Trinajstić information content (AvgIpc) is 2.56. The number of hydrogen-bond acceptors (Lipinski definition) is 2. The molecule has 92 valence electrons. The number of carbonyl (C=O) groups is 1. The topological polar surface area (TPSA) is 35.1 Å². The van der Waals surface area contributed by atoms with E-state index in [1.165, 1.54) is 12.8 Å². The Morgan fingerprint density at radius 3 is 2.81 bits per heavy atom. The lowest BCUT2D eigenvalue weighted by atomic mass is 10.2. The highest BCUT2D eigenvalue weighted by Crippen LogP contribution is 1.99. The molecule has 1 heterocycles. The number of carbonyl (C=O) groups excluding carboxylic acids is 1. The molecule has 0 spiro atoms. The molecule has 16 heavy (non-hydrogen) atoms. The van der Waals surface area contributed by atoms with E-state index in [2.05, 4.69) is 28.8 Å². The van der Waals surface area contributed by atoms with E-state index in [0.717, 1.165) is 19.4 Å². The van der Waals surface area contributed by atoms with Crippen LogP contribution in [0.3, 0.4) is 0 Å². The van der Waals surface area contributed by atoms with Gasteiger partial charge in [-0.2, -0.15) is 0 Å². The Morgan fingerprint density at radius 1 is 1.56 bits per heavy atom. The van der Waals surface area contributed by atoms with Gasteiger partial charge in [0.05, 0.1) is 27.1 Å². The standard InChI is InChI=1S/C11H19N2O2.HI/c1-4-7-13-9-12(2)8-10(13)5-6-11(14)15-3;/h8-9H,4-7H2,1-3H3;1H/q+1;/p-1. The summed E-state index contributed by atoms with van der Waals surface area (Å²) < 4.78 is 8.82. The maximum absolute atomic E-state index is 11.0. The molecule has 4 nitrogen and oxygen atoms in total. The number of ether oxygens (including phenoxy) is 1. The third-order valence-electron chi connectivity index (χ3n) is 2.32. The number of hydrogen-bond donors (Lipinski definition) is 0. The summed E-state index contributed by atoms with van der Waals surface area (Å²) in [7, 11) is 3.42. The molecule has 0 aliphatic carbocycles. The second-order valence-electron chi connectivity index (χ2n) is 3.67. The maximum atomic E-state index is 11.0. The molecule has 1 aromatic heterocycles. The van der Waals surface area contributed by atoms with Gasteiger partial charge in [-0.05, 0) is 6.42 Å². The van der Waals surface area contributed by atoms with Crippen LogP contribution in [0.4, 0.5) is 0 Å². The van der Waals surface area contributed by atoms with Gasteiger partial charge < -0.3 is 28.7 Å². The number of methoxy groups -OCH3 is 1. The molecule has 0 bridgehead atoms. The Morgan fingerprint density at radius 2 is 2.25 bits per heavy atom. The number of imidazole rings is 1. The van der Waals surface area contributed by atoms with Crippen molar-refractivity contribution in [3.05, 3.63) is 18.2 Å². The third-order valence-corrected chi connectivity index (χ3v) is 2.32. The molecule has 0 N–H and O–H groups in total. The Hall–Kier alpha value is -0.590. The molecule has 0 aliphatic heterocycles. The van der Waals surface area contributed by atoms with Crippen molar-refractivity contribution >= 4 is 5.97 Å². The second kappa shape index (κ2) is 7.65. The predicted molar refractivity (Wildman–Crippen MR) is 56.2 cm³/mol. The van der Waals surface area contributed by atoms with Gasteiger partial charge in [-0.15, -0.1) is 0 Å². The zero-order valence-corrected chi connectivity index (χ0v) is 12.2. The van der Waals surface area contributed by atoms with Gasteiger partial charge in [0.15, 0.2) is 0 Å². The van der Waals surface area contributed by atoms with Crippen molar-refractivity contribution in [2.75, 3.05) is 7.11 Å². The fourth-order valence-corrected chi connectivity index (χ4v) is 1.62. The summed E-state index contributed by atoms with van der Waals surface area (Å²) in [5.74, 6) is -0.151. The molecule has 0 atom stereocenters. The largest absolute Gasteiger partial charge is 1.00 e. The summed E-state index contributed by atoms with van der Waals surface area (Å²) >= 11 is 0. The van der Waals surface area contributed by atoms with E-state index in [0.29, 0.717) is 6.42 Å². The SMILES string of the molecule is CCC[n+]1cn(C)cc1CCC(=O)OC.[I-]. The molecule has 0 fully saturated rings. The number of nitrogens with zero attached hydrogens (tertiary/aromatic N) is 2. The second-order valence-corrected chi connectivity index (χ2v) is 3.67. The molecular formula is C11H19IN2O2. The Labute approximate surface area is 114 Å². The van der Waals surface area contributed by atoms with Gasteiger partial charge >= 0.3 is 5.97 Å². The smallest absolute Gasteiger partial charge is 0.305 e. The van der Waals surface area contributed by atoms with Gasteiger partial charge in [0, 0.05) is 6.42 Å². The molecule has 5 heteroatoms. The van der Waals surface area contributed by atoms with Crippen LogP contribution in [0.2, 0.25) is 0 Å². The summed E-state index contributed by atoms with van der Waals surface area (Å²) in [5.41, 5.74) is 1.18. The minimum absolute atomic E-state index is 0. The highest BCUT2D eigenvalue weighted by Gasteiger charge is 2.12. The quantitative estimate of drug-likeness (QED) is 0.348. The van der Waals surface area contributed by atoms with Gasteiger partial charge in [0.2, 0.25) is 6.33 Å². The molecule has 1 rings (SSSR count). The summed E-state index contributed by atoms with van der Waals surface area (Å²) in [6, 6.07) is 0. The van der Waals surface area contributed by atoms with E-state index in [1.807, 2.05) is 11.6 Å². The first-order valence-electron chi connectivity index (χ1n) is 5.28. The summed E-state index contributed by atoms with van der Waals surface area (Å²) in [6.45, 7) is 3.14. The van der Waals surface area contributed by atoms with Crippen LogP contribution in [0, 0.1) is 0 Å². The van der Waals surface area contributed by atoms with Gasteiger partial charge in [0.1, 0.15) is 11.9 Å². The Bertz CT molecular complexity index is 337. The number of rotatable bonds is 5. The van der Waals surface area contributed by atoms with Crippen LogP contribution in [0.5, 0.6) is 0 Å². The first kappa shape index (κ1) is 15.4. The fourth-order valence-electron chi connectivity index (χ4n) is 1.62. The van der Waals surface area contributed by atoms with Gasteiger partial charge in [-0.1, -0.05) is 6.92 Å². The van der Waals surface area contributed by atoms with Crippen LogP contribution in [-0.2, 0) is 29.5 Å². The van der Waals surface area contributed by atoms with Gasteiger partial charge in [0.25, 0.3) is 0 Å². The Balaban J connectivity index is 0.00000225. The lowest BCUT2D eigenvalue weighted by Gasteiger charge is -1.99. The Kier molecular flexibility index (Phi) is 7.36. The first-order valence-corrected chi connectivity index (χ1v) is 5.28. The molecule has 0 aromatic carbocycles. The van der Waals surface area contributed by atoms with Crippen molar-refractivity contribution in [1.82, 2.24) is 4.57 Å². The van der Waals surface area contributed by atoms with E-state index in [4.69, 9.17) is 0 Å². The maximum Gasteiger partial charge on any atom is 0.305 e. The molecular weight excluding hydrogens is 319 g/mol. The fraction of sp³-hybridized carbons (Fsp3) is 0.636. The average molecular weight is 338 g/mol. The lowest BCUT2D eigenvalue weighted by Crippen LogP contribution is -3.00. The van der Waals surface area contributed by atoms with Crippen molar-refractivity contribution in [1.29, 1.82) is 0 Å². The molecule has 0 unspecified atom stereocenters. The monoisotopic (exact) mass is 338 g/mol. The third kappa shape index (κ3) is 4.51. The van der Waals surface area contributed by atoms with E-state index in [1.54, 1.807) is 0 Å². The van der Waals surface area contributed by atoms with Gasteiger partial charge in [-0.3, -0.25) is 4.79 Å². The number of aromatic nitrogens is 2. The molecule has 0 aliphatic rings. The molecule has 0 amide bonds. The zero-order chi connectivity index (χ0) is 11.3. The van der Waals surface area contributed by atoms with Crippen molar-refractivity contribution in [2.24, 2.45) is 7.05 Å². The normalized spacial score (nSPS) is 9.69. The van der Waals surface area contributed by atoms with Crippen LogP contribution >= 0.6 is 0 Å². The van der Waals surface area contributed by atoms with Gasteiger partial charge in [-0.25, -0.2) is 9.13 Å². The lowest BCUT2D eigenvalue weighted by molar-refractivity contribution is -0.703. The van der Waals surface area contributed by atoms with Crippen molar-refractivity contribution in [3.8, 4) is 0 Å². The molecule has 0 radical (unpaired) electrons. The van der Waals surface area contributed by atoms with Crippen LogP contribution in [0.15, 0.2) is 12.5 Å². The van der Waals surface area contributed by atoms with Crippen molar-refractivity contribution < 1.29 is 38.1 Å². The van der Waals surface area contributed by atoms with E-state index in [9.17, 15) is 4.79 Å². The van der Waals surface area contributed by atoms with E-state index in [-0.39, 0.29) is 29.9 Å². The highest BCUT2D eigenvalue weighted by molar-refractivity contribution is 5.69. The van der Waals surface area contributed by atoms with E-state index >= 15 is 0 Å². The molecule has 0 saturated carbocycles. The predicted octanol–water partition coefficient (Wildman–Crippen LogP) is -2.17. The summed E-state index contributed by atoms with van der Waals surface area (Å²) in [4.78, 5) is 11.0. The minimum atomic E-state index is -0.151.